The second kappa shape index (κ2) is 9.75. The van der Waals surface area contributed by atoms with E-state index in [2.05, 4.69) is 15.5 Å². The van der Waals surface area contributed by atoms with E-state index < -0.39 is 0 Å². The minimum atomic E-state index is -0.192. The molecule has 3 aromatic rings. The van der Waals surface area contributed by atoms with Crippen molar-refractivity contribution in [2.75, 3.05) is 39.6 Å². The van der Waals surface area contributed by atoms with E-state index >= 15 is 0 Å². The van der Waals surface area contributed by atoms with Gasteiger partial charge in [0, 0.05) is 31.9 Å². The third-order valence-corrected chi connectivity index (χ3v) is 4.46. The summed E-state index contributed by atoms with van der Waals surface area (Å²) in [5, 5.41) is 9.78. The van der Waals surface area contributed by atoms with Crippen LogP contribution in [0, 0.1) is 0 Å². The lowest BCUT2D eigenvalue weighted by molar-refractivity contribution is 0.220. The Morgan fingerprint density at radius 1 is 1.10 bits per heavy atom. The first kappa shape index (κ1) is 20.4. The van der Waals surface area contributed by atoms with Crippen molar-refractivity contribution in [1.82, 2.24) is 20.0 Å². The summed E-state index contributed by atoms with van der Waals surface area (Å²) in [6.45, 7) is 1.82. The van der Waals surface area contributed by atoms with Crippen molar-refractivity contribution in [3.63, 3.8) is 0 Å². The summed E-state index contributed by atoms with van der Waals surface area (Å²) in [4.78, 5) is 16.4. The fraction of sp³-hybridized carbons (Fsp3) is 0.273. The van der Waals surface area contributed by atoms with Gasteiger partial charge in [-0.2, -0.15) is 5.10 Å². The number of amides is 2. The number of carbonyl (C=O) groups excluding carboxylic acids is 1. The maximum atomic E-state index is 12.7. The van der Waals surface area contributed by atoms with Gasteiger partial charge in [-0.25, -0.2) is 4.79 Å². The van der Waals surface area contributed by atoms with Crippen LogP contribution in [0.4, 0.5) is 10.5 Å². The van der Waals surface area contributed by atoms with E-state index in [1.165, 1.54) is 0 Å². The van der Waals surface area contributed by atoms with Crippen molar-refractivity contribution in [2.24, 2.45) is 0 Å². The topological polar surface area (TPSA) is 73.5 Å². The summed E-state index contributed by atoms with van der Waals surface area (Å²) in [5.41, 5.74) is 3.64. The van der Waals surface area contributed by atoms with E-state index in [0.717, 1.165) is 23.2 Å². The Morgan fingerprint density at radius 2 is 1.90 bits per heavy atom. The molecule has 7 heteroatoms. The molecular formula is C22H27N5O2. The van der Waals surface area contributed by atoms with Crippen molar-refractivity contribution in [2.45, 2.75) is 6.54 Å². The zero-order valence-corrected chi connectivity index (χ0v) is 17.1. The number of carbonyl (C=O) groups is 1. The third-order valence-electron chi connectivity index (χ3n) is 4.46. The SMILES string of the molecule is CN(C)CCOc1cc(-c2cn[nH]c2)ccc1NC(=O)N(C)Cc1ccccc1. The number of anilines is 1. The van der Waals surface area contributed by atoms with Gasteiger partial charge < -0.3 is 19.9 Å². The van der Waals surface area contributed by atoms with Gasteiger partial charge in [-0.15, -0.1) is 0 Å². The number of ether oxygens (including phenoxy) is 1. The number of aromatic nitrogens is 2. The first-order chi connectivity index (χ1) is 14.0. The Bertz CT molecular complexity index is 910. The standard InChI is InChI=1S/C22H27N5O2/c1-26(2)11-12-29-21-13-18(19-14-23-24-15-19)9-10-20(21)25-22(28)27(3)16-17-7-5-4-6-8-17/h4-10,13-15H,11-12,16H2,1-3H3,(H,23,24)(H,25,28). The number of hydrogen-bond acceptors (Lipinski definition) is 4. The Labute approximate surface area is 171 Å². The molecule has 0 bridgehead atoms. The van der Waals surface area contributed by atoms with Crippen molar-refractivity contribution < 1.29 is 9.53 Å². The van der Waals surface area contributed by atoms with Gasteiger partial charge in [-0.1, -0.05) is 36.4 Å². The minimum Gasteiger partial charge on any atom is -0.490 e. The monoisotopic (exact) mass is 393 g/mol. The van der Waals surface area contributed by atoms with Crippen LogP contribution in [0.25, 0.3) is 11.1 Å². The third kappa shape index (κ3) is 5.83. The number of likely N-dealkylation sites (N-methyl/N-ethyl adjacent to an activating group) is 1. The highest BCUT2D eigenvalue weighted by Gasteiger charge is 2.14. The summed E-state index contributed by atoms with van der Waals surface area (Å²) < 4.78 is 5.98. The molecule has 0 atom stereocenters. The van der Waals surface area contributed by atoms with Crippen molar-refractivity contribution >= 4 is 11.7 Å². The largest absolute Gasteiger partial charge is 0.490 e. The van der Waals surface area contributed by atoms with Crippen molar-refractivity contribution in [3.05, 3.63) is 66.5 Å². The van der Waals surface area contributed by atoms with Crippen LogP contribution in [0.1, 0.15) is 5.56 Å². The quantitative estimate of drug-likeness (QED) is 0.612. The van der Waals surface area contributed by atoms with E-state index in [1.807, 2.05) is 73.7 Å². The first-order valence-electron chi connectivity index (χ1n) is 9.49. The minimum absolute atomic E-state index is 0.192. The number of hydrogen-bond donors (Lipinski definition) is 2. The van der Waals surface area contributed by atoms with Gasteiger partial charge in [-0.3, -0.25) is 5.10 Å². The zero-order valence-electron chi connectivity index (χ0n) is 17.1. The van der Waals surface area contributed by atoms with Gasteiger partial charge in [-0.05, 0) is 37.4 Å². The lowest BCUT2D eigenvalue weighted by atomic mass is 10.1. The smallest absolute Gasteiger partial charge is 0.321 e. The number of nitrogens with zero attached hydrogens (tertiary/aromatic N) is 3. The number of H-pyrrole nitrogens is 1. The molecule has 1 aromatic heterocycles. The molecule has 0 aliphatic heterocycles. The van der Waals surface area contributed by atoms with E-state index in [4.69, 9.17) is 4.74 Å². The molecule has 2 amide bonds. The van der Waals surface area contributed by atoms with Crippen LogP contribution in [-0.4, -0.2) is 60.3 Å². The number of urea groups is 1. The summed E-state index contributed by atoms with van der Waals surface area (Å²) >= 11 is 0. The van der Waals surface area contributed by atoms with Gasteiger partial charge in [0.25, 0.3) is 0 Å². The molecule has 29 heavy (non-hydrogen) atoms. The number of rotatable bonds is 8. The van der Waals surface area contributed by atoms with E-state index in [9.17, 15) is 4.79 Å². The van der Waals surface area contributed by atoms with Gasteiger partial charge in [0.2, 0.25) is 0 Å². The molecule has 0 fully saturated rings. The highest BCUT2D eigenvalue weighted by Crippen LogP contribution is 2.31. The zero-order chi connectivity index (χ0) is 20.6. The van der Waals surface area contributed by atoms with Crippen LogP contribution in [0.15, 0.2) is 60.9 Å². The molecule has 3 rings (SSSR count). The predicted molar refractivity (Wildman–Crippen MR) is 115 cm³/mol. The van der Waals surface area contributed by atoms with Crippen LogP contribution in [-0.2, 0) is 6.54 Å². The van der Waals surface area contributed by atoms with E-state index in [0.29, 0.717) is 24.6 Å². The molecule has 1 heterocycles. The number of benzene rings is 2. The fourth-order valence-electron chi connectivity index (χ4n) is 2.81. The molecule has 0 spiro atoms. The highest BCUT2D eigenvalue weighted by molar-refractivity contribution is 5.91. The van der Waals surface area contributed by atoms with Crippen LogP contribution < -0.4 is 10.1 Å². The average Bonchev–Trinajstić information content (AvgIpc) is 3.24. The summed E-state index contributed by atoms with van der Waals surface area (Å²) in [6, 6.07) is 15.4. The van der Waals surface area contributed by atoms with Crippen molar-refractivity contribution in [3.8, 4) is 16.9 Å². The van der Waals surface area contributed by atoms with Crippen LogP contribution in [0.2, 0.25) is 0 Å². The van der Waals surface area contributed by atoms with E-state index in [-0.39, 0.29) is 6.03 Å². The lowest BCUT2D eigenvalue weighted by Gasteiger charge is -2.20. The fourth-order valence-corrected chi connectivity index (χ4v) is 2.81. The van der Waals surface area contributed by atoms with Crippen molar-refractivity contribution in [1.29, 1.82) is 0 Å². The summed E-state index contributed by atoms with van der Waals surface area (Å²) in [5.74, 6) is 0.631. The Hall–Kier alpha value is -3.32. The summed E-state index contributed by atoms with van der Waals surface area (Å²) in [7, 11) is 5.76. The summed E-state index contributed by atoms with van der Waals surface area (Å²) in [6.07, 6.45) is 3.58. The molecule has 7 nitrogen and oxygen atoms in total. The molecular weight excluding hydrogens is 366 g/mol. The molecule has 0 saturated carbocycles. The average molecular weight is 393 g/mol. The Balaban J connectivity index is 1.74. The molecule has 152 valence electrons. The normalized spacial score (nSPS) is 10.8. The van der Waals surface area contributed by atoms with Gasteiger partial charge in [0.15, 0.2) is 0 Å². The molecule has 0 radical (unpaired) electrons. The van der Waals surface area contributed by atoms with Crippen LogP contribution in [0.3, 0.4) is 0 Å². The molecule has 0 unspecified atom stereocenters. The Kier molecular flexibility index (Phi) is 6.86. The van der Waals surface area contributed by atoms with Crippen LogP contribution in [0.5, 0.6) is 5.75 Å². The lowest BCUT2D eigenvalue weighted by Crippen LogP contribution is -2.31. The van der Waals surface area contributed by atoms with Gasteiger partial charge in [0.05, 0.1) is 11.9 Å². The van der Waals surface area contributed by atoms with Gasteiger partial charge >= 0.3 is 6.03 Å². The number of aromatic amines is 1. The molecule has 0 aliphatic rings. The van der Waals surface area contributed by atoms with Gasteiger partial charge in [0.1, 0.15) is 12.4 Å². The molecule has 2 N–H and O–H groups in total. The Morgan fingerprint density at radius 3 is 2.59 bits per heavy atom. The predicted octanol–water partition coefficient (Wildman–Crippen LogP) is 3.68. The maximum absolute atomic E-state index is 12.7. The van der Waals surface area contributed by atoms with Crippen LogP contribution >= 0.6 is 0 Å². The number of nitrogens with one attached hydrogen (secondary N) is 2. The molecule has 0 saturated heterocycles. The maximum Gasteiger partial charge on any atom is 0.321 e. The van der Waals surface area contributed by atoms with E-state index in [1.54, 1.807) is 18.1 Å². The second-order valence-corrected chi connectivity index (χ2v) is 7.12. The second-order valence-electron chi connectivity index (χ2n) is 7.12. The highest BCUT2D eigenvalue weighted by atomic mass is 16.5. The molecule has 0 aliphatic carbocycles. The molecule has 2 aromatic carbocycles. The first-order valence-corrected chi connectivity index (χ1v) is 9.49.